The largest absolute Gasteiger partial charge is 0.390 e. The van der Waals surface area contributed by atoms with Crippen molar-refractivity contribution in [3.63, 3.8) is 0 Å². The maximum Gasteiger partial charge on any atom is 0.0892 e. The lowest BCUT2D eigenvalue weighted by molar-refractivity contribution is 0.567. The van der Waals surface area contributed by atoms with E-state index < -0.39 is 0 Å². The van der Waals surface area contributed by atoms with Crippen molar-refractivity contribution < 1.29 is 0 Å². The van der Waals surface area contributed by atoms with Gasteiger partial charge in [0.15, 0.2) is 0 Å². The molecule has 0 spiro atoms. The second-order valence-corrected chi connectivity index (χ2v) is 8.85. The fraction of sp³-hybridized carbons (Fsp3) is 0.474. The third kappa shape index (κ3) is 3.88. The quantitative estimate of drug-likeness (QED) is 0.777. The first-order valence-electron chi connectivity index (χ1n) is 7.54. The van der Waals surface area contributed by atoms with Crippen LogP contribution in [0.2, 0.25) is 0 Å². The first kappa shape index (κ1) is 16.1. The van der Waals surface area contributed by atoms with Gasteiger partial charge in [0, 0.05) is 6.42 Å². The molecule has 0 aliphatic rings. The molecule has 1 aromatic carbocycles. The van der Waals surface area contributed by atoms with Crippen LogP contribution in [-0.2, 0) is 17.3 Å². The van der Waals surface area contributed by atoms with Gasteiger partial charge in [0.25, 0.3) is 0 Å². The van der Waals surface area contributed by atoms with Crippen LogP contribution in [0.5, 0.6) is 0 Å². The van der Waals surface area contributed by atoms with Crippen molar-refractivity contribution in [2.75, 3.05) is 5.73 Å². The number of hydrogen-bond donors (Lipinski definition) is 1. The Bertz CT molecular complexity index is 591. The molecule has 114 valence electrons. The SMILES string of the molecule is CC(C)(C)c1cc(Cc2ccsc2N)cc(C(C)(C)C)c1. The van der Waals surface area contributed by atoms with Crippen LogP contribution in [0.15, 0.2) is 29.6 Å². The highest BCUT2D eigenvalue weighted by atomic mass is 32.1. The number of anilines is 1. The highest BCUT2D eigenvalue weighted by molar-refractivity contribution is 7.14. The van der Waals surface area contributed by atoms with Crippen LogP contribution in [0.3, 0.4) is 0 Å². The number of rotatable bonds is 2. The van der Waals surface area contributed by atoms with Crippen molar-refractivity contribution in [3.05, 3.63) is 51.9 Å². The lowest BCUT2D eigenvalue weighted by atomic mass is 9.79. The minimum Gasteiger partial charge on any atom is -0.390 e. The lowest BCUT2D eigenvalue weighted by Crippen LogP contribution is -2.17. The summed E-state index contributed by atoms with van der Waals surface area (Å²) in [6.45, 7) is 13.7. The monoisotopic (exact) mass is 301 g/mol. The number of nitrogen functional groups attached to an aromatic ring is 1. The highest BCUT2D eigenvalue weighted by Crippen LogP contribution is 2.32. The second kappa shape index (κ2) is 5.49. The fourth-order valence-electron chi connectivity index (χ4n) is 2.37. The van der Waals surface area contributed by atoms with E-state index in [9.17, 15) is 0 Å². The van der Waals surface area contributed by atoms with Gasteiger partial charge in [0.05, 0.1) is 5.00 Å². The molecule has 0 amide bonds. The number of benzene rings is 1. The summed E-state index contributed by atoms with van der Waals surface area (Å²) in [5, 5.41) is 3.01. The number of thiophene rings is 1. The molecule has 0 bridgehead atoms. The molecule has 1 nitrogen and oxygen atoms in total. The average Bonchev–Trinajstić information content (AvgIpc) is 2.72. The van der Waals surface area contributed by atoms with Crippen LogP contribution in [0.1, 0.15) is 63.8 Å². The van der Waals surface area contributed by atoms with Gasteiger partial charge in [-0.05, 0) is 44.5 Å². The van der Waals surface area contributed by atoms with Crippen LogP contribution in [0, 0.1) is 0 Å². The van der Waals surface area contributed by atoms with Crippen molar-refractivity contribution in [1.82, 2.24) is 0 Å². The molecule has 0 saturated carbocycles. The standard InChI is InChI=1S/C19H27NS/c1-18(2,3)15-10-13(9-14-7-8-21-17(14)20)11-16(12-15)19(4,5)6/h7-8,10-12H,9,20H2,1-6H3. The molecule has 21 heavy (non-hydrogen) atoms. The van der Waals surface area contributed by atoms with Crippen molar-refractivity contribution in [3.8, 4) is 0 Å². The topological polar surface area (TPSA) is 26.0 Å². The predicted molar refractivity (Wildman–Crippen MR) is 95.4 cm³/mol. The van der Waals surface area contributed by atoms with Crippen molar-refractivity contribution in [2.45, 2.75) is 58.8 Å². The maximum atomic E-state index is 6.05. The number of hydrogen-bond acceptors (Lipinski definition) is 2. The molecule has 2 aromatic rings. The molecular weight excluding hydrogens is 274 g/mol. The molecule has 2 heteroatoms. The minimum absolute atomic E-state index is 0.163. The summed E-state index contributed by atoms with van der Waals surface area (Å²) in [5.41, 5.74) is 11.8. The average molecular weight is 301 g/mol. The van der Waals surface area contributed by atoms with E-state index >= 15 is 0 Å². The van der Waals surface area contributed by atoms with Crippen LogP contribution < -0.4 is 5.73 Å². The Morgan fingerprint density at radius 1 is 0.905 bits per heavy atom. The summed E-state index contributed by atoms with van der Waals surface area (Å²) >= 11 is 1.62. The lowest BCUT2D eigenvalue weighted by Gasteiger charge is -2.26. The van der Waals surface area contributed by atoms with E-state index in [-0.39, 0.29) is 10.8 Å². The van der Waals surface area contributed by atoms with Gasteiger partial charge in [-0.15, -0.1) is 11.3 Å². The van der Waals surface area contributed by atoms with E-state index in [1.807, 2.05) is 0 Å². The maximum absolute atomic E-state index is 6.05. The first-order chi connectivity index (χ1) is 9.57. The highest BCUT2D eigenvalue weighted by Gasteiger charge is 2.20. The van der Waals surface area contributed by atoms with Crippen LogP contribution >= 0.6 is 11.3 Å². The zero-order chi connectivity index (χ0) is 15.8. The van der Waals surface area contributed by atoms with Gasteiger partial charge >= 0.3 is 0 Å². The van der Waals surface area contributed by atoms with Crippen molar-refractivity contribution in [1.29, 1.82) is 0 Å². The van der Waals surface area contributed by atoms with E-state index in [0.717, 1.165) is 11.4 Å². The molecule has 1 heterocycles. The van der Waals surface area contributed by atoms with Gasteiger partial charge in [-0.1, -0.05) is 59.7 Å². The summed E-state index contributed by atoms with van der Waals surface area (Å²) in [7, 11) is 0. The van der Waals surface area contributed by atoms with Gasteiger partial charge in [-0.2, -0.15) is 0 Å². The molecule has 0 saturated heterocycles. The summed E-state index contributed by atoms with van der Waals surface area (Å²) in [4.78, 5) is 0. The predicted octanol–water partition coefficient (Wildman–Crippen LogP) is 5.52. The van der Waals surface area contributed by atoms with E-state index in [1.165, 1.54) is 22.3 Å². The number of nitrogens with two attached hydrogens (primary N) is 1. The molecule has 2 N–H and O–H groups in total. The van der Waals surface area contributed by atoms with Crippen LogP contribution in [0.4, 0.5) is 5.00 Å². The molecule has 2 rings (SSSR count). The van der Waals surface area contributed by atoms with Gasteiger partial charge < -0.3 is 5.73 Å². The second-order valence-electron chi connectivity index (χ2n) is 7.91. The Morgan fingerprint density at radius 3 is 1.81 bits per heavy atom. The Kier molecular flexibility index (Phi) is 4.21. The van der Waals surface area contributed by atoms with E-state index in [4.69, 9.17) is 5.73 Å². The smallest absolute Gasteiger partial charge is 0.0892 e. The van der Waals surface area contributed by atoms with Gasteiger partial charge in [-0.3, -0.25) is 0 Å². The summed E-state index contributed by atoms with van der Waals surface area (Å²) < 4.78 is 0. The molecule has 0 unspecified atom stereocenters. The Labute approximate surface area is 133 Å². The van der Waals surface area contributed by atoms with Crippen molar-refractivity contribution >= 4 is 16.3 Å². The first-order valence-corrected chi connectivity index (χ1v) is 8.42. The molecule has 0 radical (unpaired) electrons. The summed E-state index contributed by atoms with van der Waals surface area (Å²) in [6, 6.07) is 9.18. The zero-order valence-corrected chi connectivity index (χ0v) is 14.9. The molecule has 1 aromatic heterocycles. The van der Waals surface area contributed by atoms with Crippen molar-refractivity contribution in [2.24, 2.45) is 0 Å². The summed E-state index contributed by atoms with van der Waals surface area (Å²) in [5.74, 6) is 0. The molecule has 0 atom stereocenters. The van der Waals surface area contributed by atoms with E-state index in [2.05, 4.69) is 71.2 Å². The normalized spacial score (nSPS) is 12.7. The minimum atomic E-state index is 0.163. The van der Waals surface area contributed by atoms with Gasteiger partial charge in [0.2, 0.25) is 0 Å². The van der Waals surface area contributed by atoms with Crippen LogP contribution in [-0.4, -0.2) is 0 Å². The molecule has 0 fully saturated rings. The zero-order valence-electron chi connectivity index (χ0n) is 14.1. The fourth-order valence-corrected chi connectivity index (χ4v) is 3.04. The Morgan fingerprint density at radius 2 is 1.43 bits per heavy atom. The van der Waals surface area contributed by atoms with Gasteiger partial charge in [0.1, 0.15) is 0 Å². The molecule has 0 aliphatic carbocycles. The summed E-state index contributed by atoms with van der Waals surface area (Å²) in [6.07, 6.45) is 0.919. The van der Waals surface area contributed by atoms with Crippen LogP contribution in [0.25, 0.3) is 0 Å². The molecular formula is C19H27NS. The molecule has 0 aliphatic heterocycles. The Balaban J connectivity index is 2.48. The third-order valence-corrected chi connectivity index (χ3v) is 4.69. The third-order valence-electron chi connectivity index (χ3n) is 3.90. The van der Waals surface area contributed by atoms with E-state index in [1.54, 1.807) is 11.3 Å². The van der Waals surface area contributed by atoms with Gasteiger partial charge in [-0.25, -0.2) is 0 Å². The van der Waals surface area contributed by atoms with E-state index in [0.29, 0.717) is 0 Å². The Hall–Kier alpha value is -1.28.